The van der Waals surface area contributed by atoms with Gasteiger partial charge in [0.25, 0.3) is 0 Å². The molecular weight excluding hydrogens is 284 g/mol. The maximum atomic E-state index is 13.2. The van der Waals surface area contributed by atoms with Gasteiger partial charge in [-0.05, 0) is 76.2 Å². The number of carbonyl (C=O) groups is 1. The van der Waals surface area contributed by atoms with Crippen molar-refractivity contribution in [3.63, 3.8) is 0 Å². The predicted octanol–water partition coefficient (Wildman–Crippen LogP) is 2.84. The summed E-state index contributed by atoms with van der Waals surface area (Å²) in [6.45, 7) is 1.96. The van der Waals surface area contributed by atoms with Crippen LogP contribution in [-0.4, -0.2) is 37.0 Å². The summed E-state index contributed by atoms with van der Waals surface area (Å²) in [5.41, 5.74) is 0.0707. The molecular formula is C17H29ClN2O. The molecule has 4 saturated carbocycles. The summed E-state index contributed by atoms with van der Waals surface area (Å²) < 4.78 is 0. The number of nitrogens with zero attached hydrogens (tertiary/aromatic N) is 1. The van der Waals surface area contributed by atoms with E-state index in [2.05, 4.69) is 10.2 Å². The third-order valence-electron chi connectivity index (χ3n) is 6.68. The van der Waals surface area contributed by atoms with E-state index < -0.39 is 0 Å². The Labute approximate surface area is 134 Å². The van der Waals surface area contributed by atoms with Crippen LogP contribution in [0.4, 0.5) is 0 Å². The van der Waals surface area contributed by atoms with Gasteiger partial charge < -0.3 is 10.2 Å². The standard InChI is InChI=1S/C17H28N2O.ClH/c1-18-15-2-4-19(5-3-15)16(20)17-9-12-6-13(10-17)8-14(7-12)11-17;/h12-15,18H,2-11H2,1H3;1H. The monoisotopic (exact) mass is 312 g/mol. The zero-order chi connectivity index (χ0) is 13.7. The first-order valence-electron chi connectivity index (χ1n) is 8.65. The van der Waals surface area contributed by atoms with Crippen molar-refractivity contribution in [2.45, 2.75) is 57.4 Å². The number of halogens is 1. The summed E-state index contributed by atoms with van der Waals surface area (Å²) >= 11 is 0. The molecule has 0 aromatic rings. The largest absolute Gasteiger partial charge is 0.342 e. The Balaban J connectivity index is 0.00000132. The fourth-order valence-electron chi connectivity index (χ4n) is 6.08. The van der Waals surface area contributed by atoms with Crippen LogP contribution in [0.15, 0.2) is 0 Å². The molecule has 21 heavy (non-hydrogen) atoms. The van der Waals surface area contributed by atoms with Gasteiger partial charge in [0.15, 0.2) is 0 Å². The minimum atomic E-state index is 0. The molecule has 120 valence electrons. The van der Waals surface area contributed by atoms with Crippen molar-refractivity contribution < 1.29 is 4.79 Å². The van der Waals surface area contributed by atoms with Crippen molar-refractivity contribution in [1.29, 1.82) is 0 Å². The molecule has 5 fully saturated rings. The molecule has 5 aliphatic rings. The van der Waals surface area contributed by atoms with Gasteiger partial charge in [-0.3, -0.25) is 4.79 Å². The minimum Gasteiger partial charge on any atom is -0.342 e. The van der Waals surface area contributed by atoms with Gasteiger partial charge in [0, 0.05) is 19.1 Å². The van der Waals surface area contributed by atoms with E-state index in [0.29, 0.717) is 11.9 Å². The van der Waals surface area contributed by atoms with Crippen molar-refractivity contribution in [2.75, 3.05) is 20.1 Å². The molecule has 0 spiro atoms. The maximum Gasteiger partial charge on any atom is 0.228 e. The van der Waals surface area contributed by atoms with Crippen molar-refractivity contribution >= 4 is 18.3 Å². The van der Waals surface area contributed by atoms with Crippen molar-refractivity contribution in [3.8, 4) is 0 Å². The normalized spacial score (nSPS) is 42.0. The highest BCUT2D eigenvalue weighted by atomic mass is 35.5. The van der Waals surface area contributed by atoms with Gasteiger partial charge in [0.05, 0.1) is 5.41 Å². The zero-order valence-electron chi connectivity index (χ0n) is 13.1. The van der Waals surface area contributed by atoms with Crippen LogP contribution in [0.5, 0.6) is 0 Å². The number of amides is 1. The maximum absolute atomic E-state index is 13.2. The SMILES string of the molecule is CNC1CCN(C(=O)C23CC4CC(CC(C4)C2)C3)CC1.Cl. The summed E-state index contributed by atoms with van der Waals surface area (Å²) in [7, 11) is 2.04. The van der Waals surface area contributed by atoms with Crippen LogP contribution in [-0.2, 0) is 4.79 Å². The lowest BCUT2D eigenvalue weighted by Gasteiger charge is -2.57. The quantitative estimate of drug-likeness (QED) is 0.850. The lowest BCUT2D eigenvalue weighted by molar-refractivity contribution is -0.158. The molecule has 4 aliphatic carbocycles. The zero-order valence-corrected chi connectivity index (χ0v) is 14.0. The molecule has 0 unspecified atom stereocenters. The smallest absolute Gasteiger partial charge is 0.228 e. The number of carbonyl (C=O) groups excluding carboxylic acids is 1. The van der Waals surface area contributed by atoms with Gasteiger partial charge in [-0.1, -0.05) is 0 Å². The molecule has 1 aliphatic heterocycles. The average Bonchev–Trinajstić information content (AvgIpc) is 2.45. The molecule has 1 heterocycles. The van der Waals surface area contributed by atoms with Gasteiger partial charge in [0.2, 0.25) is 5.91 Å². The molecule has 0 radical (unpaired) electrons. The summed E-state index contributed by atoms with van der Waals surface area (Å²) in [5.74, 6) is 3.16. The molecule has 1 amide bonds. The summed E-state index contributed by atoms with van der Waals surface area (Å²) in [6, 6.07) is 0.621. The van der Waals surface area contributed by atoms with E-state index >= 15 is 0 Å². The van der Waals surface area contributed by atoms with E-state index in [-0.39, 0.29) is 17.8 Å². The third-order valence-corrected chi connectivity index (χ3v) is 6.68. The summed E-state index contributed by atoms with van der Waals surface area (Å²) in [5, 5.41) is 3.36. The van der Waals surface area contributed by atoms with Gasteiger partial charge >= 0.3 is 0 Å². The third kappa shape index (κ3) is 2.61. The predicted molar refractivity (Wildman–Crippen MR) is 86.5 cm³/mol. The molecule has 1 N–H and O–H groups in total. The fraction of sp³-hybridized carbons (Fsp3) is 0.941. The van der Waals surface area contributed by atoms with Crippen molar-refractivity contribution in [1.82, 2.24) is 10.2 Å². The van der Waals surface area contributed by atoms with E-state index in [4.69, 9.17) is 0 Å². The van der Waals surface area contributed by atoms with Crippen LogP contribution in [0.2, 0.25) is 0 Å². The number of hydrogen-bond acceptors (Lipinski definition) is 2. The van der Waals surface area contributed by atoms with Gasteiger partial charge in [-0.15, -0.1) is 12.4 Å². The molecule has 5 rings (SSSR count). The average molecular weight is 313 g/mol. The minimum absolute atomic E-state index is 0. The second-order valence-corrected chi connectivity index (χ2v) is 8.05. The van der Waals surface area contributed by atoms with E-state index in [1.54, 1.807) is 0 Å². The molecule has 1 saturated heterocycles. The molecule has 4 heteroatoms. The second-order valence-electron chi connectivity index (χ2n) is 8.05. The van der Waals surface area contributed by atoms with Crippen LogP contribution in [0, 0.1) is 23.2 Å². The van der Waals surface area contributed by atoms with Crippen molar-refractivity contribution in [2.24, 2.45) is 23.2 Å². The van der Waals surface area contributed by atoms with Gasteiger partial charge in [-0.25, -0.2) is 0 Å². The van der Waals surface area contributed by atoms with E-state index in [9.17, 15) is 4.79 Å². The Bertz CT molecular complexity index is 368. The highest BCUT2D eigenvalue weighted by Crippen LogP contribution is 2.60. The summed E-state index contributed by atoms with van der Waals surface area (Å²) in [4.78, 5) is 15.4. The molecule has 0 aromatic heterocycles. The highest BCUT2D eigenvalue weighted by molar-refractivity contribution is 5.85. The Morgan fingerprint density at radius 2 is 1.48 bits per heavy atom. The number of piperidine rings is 1. The van der Waals surface area contributed by atoms with E-state index in [0.717, 1.165) is 43.7 Å². The molecule has 4 bridgehead atoms. The Kier molecular flexibility index (Phi) is 4.26. The fourth-order valence-corrected chi connectivity index (χ4v) is 6.08. The lowest BCUT2D eigenvalue weighted by atomic mass is 9.49. The van der Waals surface area contributed by atoms with E-state index in [1.165, 1.54) is 38.5 Å². The number of hydrogen-bond donors (Lipinski definition) is 1. The first kappa shape index (κ1) is 15.6. The first-order valence-corrected chi connectivity index (χ1v) is 8.65. The van der Waals surface area contributed by atoms with Gasteiger partial charge in [0.1, 0.15) is 0 Å². The number of nitrogens with one attached hydrogen (secondary N) is 1. The van der Waals surface area contributed by atoms with E-state index in [1.807, 2.05) is 7.05 Å². The lowest BCUT2D eigenvalue weighted by Crippen LogP contribution is -2.56. The van der Waals surface area contributed by atoms with Crippen LogP contribution in [0.3, 0.4) is 0 Å². The Morgan fingerprint density at radius 3 is 1.90 bits per heavy atom. The number of likely N-dealkylation sites (tertiary alicyclic amines) is 1. The molecule has 0 atom stereocenters. The topological polar surface area (TPSA) is 32.3 Å². The second kappa shape index (κ2) is 5.73. The van der Waals surface area contributed by atoms with Crippen LogP contribution < -0.4 is 5.32 Å². The van der Waals surface area contributed by atoms with Crippen LogP contribution in [0.1, 0.15) is 51.4 Å². The highest BCUT2D eigenvalue weighted by Gasteiger charge is 2.55. The van der Waals surface area contributed by atoms with Crippen molar-refractivity contribution in [3.05, 3.63) is 0 Å². The van der Waals surface area contributed by atoms with Crippen LogP contribution >= 0.6 is 12.4 Å². The summed E-state index contributed by atoms with van der Waals surface area (Å²) in [6.07, 6.45) is 10.2. The number of rotatable bonds is 2. The van der Waals surface area contributed by atoms with Gasteiger partial charge in [-0.2, -0.15) is 0 Å². The Hall–Kier alpha value is -0.280. The molecule has 3 nitrogen and oxygen atoms in total. The molecule has 0 aromatic carbocycles. The van der Waals surface area contributed by atoms with Crippen LogP contribution in [0.25, 0.3) is 0 Å². The Morgan fingerprint density at radius 1 is 1.00 bits per heavy atom. The first-order chi connectivity index (χ1) is 9.68.